The predicted octanol–water partition coefficient (Wildman–Crippen LogP) is 20.3. The van der Waals surface area contributed by atoms with Crippen LogP contribution in [-0.2, 0) is 28.6 Å². The third-order valence-corrected chi connectivity index (χ3v) is 13.7. The molecule has 0 aromatic rings. The molecule has 1 atom stereocenters. The molecule has 0 rings (SSSR count). The van der Waals surface area contributed by atoms with Crippen molar-refractivity contribution in [3.63, 3.8) is 0 Å². The van der Waals surface area contributed by atoms with E-state index in [2.05, 4.69) is 45.1 Å². The number of hydrogen-bond acceptors (Lipinski definition) is 6. The zero-order valence-electron chi connectivity index (χ0n) is 45.9. The first kappa shape index (κ1) is 65.9. The molecule has 0 aliphatic rings. The van der Waals surface area contributed by atoms with Crippen LogP contribution in [0.15, 0.2) is 24.3 Å². The van der Waals surface area contributed by atoms with E-state index >= 15 is 0 Å². The average molecular weight is 958 g/mol. The van der Waals surface area contributed by atoms with Gasteiger partial charge in [0.05, 0.1) is 0 Å². The van der Waals surface area contributed by atoms with Gasteiger partial charge in [-0.1, -0.05) is 270 Å². The van der Waals surface area contributed by atoms with Gasteiger partial charge in [0.1, 0.15) is 13.2 Å². The van der Waals surface area contributed by atoms with Gasteiger partial charge in [-0.05, 0) is 70.6 Å². The highest BCUT2D eigenvalue weighted by Gasteiger charge is 2.19. The first-order valence-corrected chi connectivity index (χ1v) is 30.3. The van der Waals surface area contributed by atoms with Crippen molar-refractivity contribution in [2.45, 2.75) is 341 Å². The molecule has 6 nitrogen and oxygen atoms in total. The van der Waals surface area contributed by atoms with Crippen LogP contribution in [0.25, 0.3) is 0 Å². The van der Waals surface area contributed by atoms with Gasteiger partial charge in [0.25, 0.3) is 0 Å². The summed E-state index contributed by atoms with van der Waals surface area (Å²) >= 11 is 0. The number of allylic oxidation sites excluding steroid dienone is 4. The Bertz CT molecular complexity index is 1100. The van der Waals surface area contributed by atoms with Crippen LogP contribution in [0, 0.1) is 0 Å². The SMILES string of the molecule is CCCCCC/C=C\CCCCCCCC(=O)OCC(COC(=O)CCCCCCCCCCCCC/C=C\CCCCCCCCCC)OC(=O)CCCCCCCCCCCCCCCC. The van der Waals surface area contributed by atoms with Crippen molar-refractivity contribution in [2.75, 3.05) is 13.2 Å². The van der Waals surface area contributed by atoms with Crippen molar-refractivity contribution in [2.24, 2.45) is 0 Å². The second-order valence-electron chi connectivity index (χ2n) is 20.6. The third kappa shape index (κ3) is 54.8. The zero-order valence-corrected chi connectivity index (χ0v) is 45.9. The predicted molar refractivity (Wildman–Crippen MR) is 293 cm³/mol. The quantitative estimate of drug-likeness (QED) is 0.0262. The lowest BCUT2D eigenvalue weighted by Crippen LogP contribution is -2.30. The molecular weight excluding hydrogens is 841 g/mol. The first-order valence-electron chi connectivity index (χ1n) is 30.3. The topological polar surface area (TPSA) is 78.9 Å². The lowest BCUT2D eigenvalue weighted by atomic mass is 10.0. The summed E-state index contributed by atoms with van der Waals surface area (Å²) in [5, 5.41) is 0. The largest absolute Gasteiger partial charge is 0.462 e. The van der Waals surface area contributed by atoms with Gasteiger partial charge in [0.15, 0.2) is 6.10 Å². The molecule has 0 aromatic carbocycles. The Morgan fingerprint density at radius 3 is 0.750 bits per heavy atom. The van der Waals surface area contributed by atoms with E-state index in [0.717, 1.165) is 64.2 Å². The maximum absolute atomic E-state index is 12.8. The van der Waals surface area contributed by atoms with Crippen LogP contribution >= 0.6 is 0 Å². The molecule has 1 unspecified atom stereocenters. The molecule has 0 spiro atoms. The Balaban J connectivity index is 4.24. The molecule has 0 heterocycles. The van der Waals surface area contributed by atoms with Crippen molar-refractivity contribution in [3.8, 4) is 0 Å². The van der Waals surface area contributed by atoms with Gasteiger partial charge < -0.3 is 14.2 Å². The van der Waals surface area contributed by atoms with Crippen LogP contribution < -0.4 is 0 Å². The van der Waals surface area contributed by atoms with E-state index in [-0.39, 0.29) is 31.1 Å². The maximum Gasteiger partial charge on any atom is 0.306 e. The summed E-state index contributed by atoms with van der Waals surface area (Å²) in [5.74, 6) is -0.858. The first-order chi connectivity index (χ1) is 33.5. The molecule has 0 aliphatic carbocycles. The minimum absolute atomic E-state index is 0.0696. The van der Waals surface area contributed by atoms with E-state index < -0.39 is 6.10 Å². The Morgan fingerprint density at radius 2 is 0.485 bits per heavy atom. The highest BCUT2D eigenvalue weighted by atomic mass is 16.6. The van der Waals surface area contributed by atoms with Crippen molar-refractivity contribution >= 4 is 17.9 Å². The summed E-state index contributed by atoms with van der Waals surface area (Å²) in [4.78, 5) is 38.2. The molecular formula is C62H116O6. The Kier molecular flexibility index (Phi) is 55.7. The highest BCUT2D eigenvalue weighted by molar-refractivity contribution is 5.71. The average Bonchev–Trinajstić information content (AvgIpc) is 3.34. The monoisotopic (exact) mass is 957 g/mol. The van der Waals surface area contributed by atoms with Crippen LogP contribution in [0.4, 0.5) is 0 Å². The summed E-state index contributed by atoms with van der Waals surface area (Å²) < 4.78 is 16.9. The van der Waals surface area contributed by atoms with Gasteiger partial charge in [-0.3, -0.25) is 14.4 Å². The summed E-state index contributed by atoms with van der Waals surface area (Å²) in [5.41, 5.74) is 0. The van der Waals surface area contributed by atoms with E-state index in [9.17, 15) is 14.4 Å². The summed E-state index contributed by atoms with van der Waals surface area (Å²) in [6, 6.07) is 0. The van der Waals surface area contributed by atoms with Crippen molar-refractivity contribution in [3.05, 3.63) is 24.3 Å². The number of rotatable bonds is 56. The fourth-order valence-corrected chi connectivity index (χ4v) is 9.08. The van der Waals surface area contributed by atoms with Crippen molar-refractivity contribution in [1.29, 1.82) is 0 Å². The Morgan fingerprint density at radius 1 is 0.279 bits per heavy atom. The molecule has 400 valence electrons. The zero-order chi connectivity index (χ0) is 49.3. The van der Waals surface area contributed by atoms with Crippen LogP contribution in [0.1, 0.15) is 335 Å². The van der Waals surface area contributed by atoms with Gasteiger partial charge in [0, 0.05) is 19.3 Å². The fraction of sp³-hybridized carbons (Fsp3) is 0.887. The molecule has 68 heavy (non-hydrogen) atoms. The standard InChI is InChI=1S/C62H116O6/c1-4-7-10-13-16-19-22-25-27-28-29-30-31-32-33-34-35-38-40-43-46-49-52-55-61(64)67-58-59(57-66-60(63)54-51-48-45-42-39-36-24-21-18-15-12-9-6-3)68-62(65)56-53-50-47-44-41-37-26-23-20-17-14-11-8-5-2/h21,24,28-29,59H,4-20,22-23,25-27,30-58H2,1-3H3/b24-21-,29-28-. The lowest BCUT2D eigenvalue weighted by Gasteiger charge is -2.18. The molecule has 0 bridgehead atoms. The van der Waals surface area contributed by atoms with E-state index in [0.29, 0.717) is 19.3 Å². The third-order valence-electron chi connectivity index (χ3n) is 13.7. The minimum atomic E-state index is -0.770. The lowest BCUT2D eigenvalue weighted by molar-refractivity contribution is -0.167. The molecule has 0 aromatic heterocycles. The number of unbranched alkanes of at least 4 members (excludes halogenated alkanes) is 41. The molecule has 0 fully saturated rings. The van der Waals surface area contributed by atoms with Crippen LogP contribution in [0.5, 0.6) is 0 Å². The van der Waals surface area contributed by atoms with Crippen LogP contribution in [-0.4, -0.2) is 37.2 Å². The molecule has 0 saturated heterocycles. The number of hydrogen-bond donors (Lipinski definition) is 0. The number of carbonyl (C=O) groups excluding carboxylic acids is 3. The van der Waals surface area contributed by atoms with E-state index in [1.54, 1.807) is 0 Å². The highest BCUT2D eigenvalue weighted by Crippen LogP contribution is 2.17. The van der Waals surface area contributed by atoms with E-state index in [1.807, 2.05) is 0 Å². The normalized spacial score (nSPS) is 12.1. The summed E-state index contributed by atoms with van der Waals surface area (Å²) in [6.45, 7) is 6.67. The van der Waals surface area contributed by atoms with Gasteiger partial charge in [-0.25, -0.2) is 0 Å². The summed E-state index contributed by atoms with van der Waals surface area (Å²) in [7, 11) is 0. The summed E-state index contributed by atoms with van der Waals surface area (Å²) in [6.07, 6.45) is 67.5. The number of esters is 3. The molecule has 0 saturated carbocycles. The second-order valence-corrected chi connectivity index (χ2v) is 20.6. The van der Waals surface area contributed by atoms with E-state index in [4.69, 9.17) is 14.2 Å². The Labute approximate surface area is 423 Å². The van der Waals surface area contributed by atoms with Gasteiger partial charge in [-0.2, -0.15) is 0 Å². The van der Waals surface area contributed by atoms with Crippen LogP contribution in [0.3, 0.4) is 0 Å². The maximum atomic E-state index is 12.8. The minimum Gasteiger partial charge on any atom is -0.462 e. The molecule has 0 N–H and O–H groups in total. The second kappa shape index (κ2) is 57.5. The van der Waals surface area contributed by atoms with Gasteiger partial charge >= 0.3 is 17.9 Å². The van der Waals surface area contributed by atoms with Crippen molar-refractivity contribution < 1.29 is 28.6 Å². The number of carbonyl (C=O) groups is 3. The van der Waals surface area contributed by atoms with Crippen molar-refractivity contribution in [1.82, 2.24) is 0 Å². The van der Waals surface area contributed by atoms with Crippen LogP contribution in [0.2, 0.25) is 0 Å². The molecule has 0 aliphatic heterocycles. The smallest absolute Gasteiger partial charge is 0.306 e. The molecule has 0 amide bonds. The Hall–Kier alpha value is -2.11. The van der Waals surface area contributed by atoms with E-state index in [1.165, 1.54) is 231 Å². The number of ether oxygens (including phenoxy) is 3. The fourth-order valence-electron chi connectivity index (χ4n) is 9.08. The molecule has 6 heteroatoms. The van der Waals surface area contributed by atoms with Gasteiger partial charge in [-0.15, -0.1) is 0 Å². The molecule has 0 radical (unpaired) electrons. The van der Waals surface area contributed by atoms with Gasteiger partial charge in [0.2, 0.25) is 0 Å².